The molecule has 0 bridgehead atoms. The van der Waals surface area contributed by atoms with E-state index in [1.54, 1.807) is 0 Å². The molecule has 0 heterocycles. The first-order valence-electron chi connectivity index (χ1n) is 6.61. The van der Waals surface area contributed by atoms with Crippen molar-refractivity contribution in [1.29, 1.82) is 0 Å². The molecule has 0 amide bonds. The Balaban J connectivity index is 3.87. The Bertz CT molecular complexity index is 187. The van der Waals surface area contributed by atoms with Crippen LogP contribution >= 0.6 is 0 Å². The molecule has 0 aliphatic heterocycles. The van der Waals surface area contributed by atoms with Crippen LogP contribution < -0.4 is 5.32 Å². The van der Waals surface area contributed by atoms with Crippen LogP contribution in [-0.4, -0.2) is 37.1 Å². The van der Waals surface area contributed by atoms with Gasteiger partial charge in [0.2, 0.25) is 0 Å². The first-order valence-corrected chi connectivity index (χ1v) is 6.61. The van der Waals surface area contributed by atoms with E-state index >= 15 is 0 Å². The molecule has 0 aromatic heterocycles. The predicted octanol–water partition coefficient (Wildman–Crippen LogP) is 2.91. The minimum atomic E-state index is 0.543. The third kappa shape index (κ3) is 7.89. The molecule has 1 N–H and O–H groups in total. The highest BCUT2D eigenvalue weighted by molar-refractivity contribution is 5.00. The number of nitrogens with zero attached hydrogens (tertiary/aromatic N) is 1. The Morgan fingerprint density at radius 2 is 1.88 bits per heavy atom. The zero-order valence-electron chi connectivity index (χ0n) is 11.8. The first-order chi connectivity index (χ1) is 7.49. The van der Waals surface area contributed by atoms with Crippen molar-refractivity contribution in [1.82, 2.24) is 10.2 Å². The van der Waals surface area contributed by atoms with Crippen molar-refractivity contribution in [3.63, 3.8) is 0 Å². The Morgan fingerprint density at radius 3 is 2.31 bits per heavy atom. The predicted molar refractivity (Wildman–Crippen MR) is 73.8 cm³/mol. The maximum Gasteiger partial charge on any atom is 0.0202 e. The monoisotopic (exact) mass is 226 g/mol. The van der Waals surface area contributed by atoms with Crippen LogP contribution in [0.25, 0.3) is 0 Å². The average Bonchev–Trinajstić information content (AvgIpc) is 2.25. The van der Waals surface area contributed by atoms with Crippen LogP contribution in [0.3, 0.4) is 0 Å². The standard InChI is InChI=1S/C14H30N2/c1-7-13(5)10-16(8-2)11-14(6)9-15-12(3)4/h12-13,15H,6-11H2,1-5H3. The summed E-state index contributed by atoms with van der Waals surface area (Å²) in [5.41, 5.74) is 1.29. The van der Waals surface area contributed by atoms with E-state index in [2.05, 4.69) is 51.4 Å². The summed E-state index contributed by atoms with van der Waals surface area (Å²) >= 11 is 0. The highest BCUT2D eigenvalue weighted by atomic mass is 15.1. The zero-order valence-corrected chi connectivity index (χ0v) is 11.8. The normalized spacial score (nSPS) is 13.4. The van der Waals surface area contributed by atoms with Crippen molar-refractivity contribution in [2.24, 2.45) is 5.92 Å². The maximum absolute atomic E-state index is 4.14. The summed E-state index contributed by atoms with van der Waals surface area (Å²) in [5, 5.41) is 3.42. The fourth-order valence-corrected chi connectivity index (χ4v) is 1.60. The molecule has 0 saturated carbocycles. The Kier molecular flexibility index (Phi) is 8.58. The molecule has 0 aromatic carbocycles. The maximum atomic E-state index is 4.14. The second kappa shape index (κ2) is 8.77. The van der Waals surface area contributed by atoms with E-state index < -0.39 is 0 Å². The van der Waals surface area contributed by atoms with Crippen LogP contribution in [0, 0.1) is 5.92 Å². The molecule has 16 heavy (non-hydrogen) atoms. The molecule has 0 saturated heterocycles. The SMILES string of the molecule is C=C(CNC(C)C)CN(CC)CC(C)CC. The first kappa shape index (κ1) is 15.7. The number of hydrogen-bond acceptors (Lipinski definition) is 2. The van der Waals surface area contributed by atoms with Gasteiger partial charge >= 0.3 is 0 Å². The summed E-state index contributed by atoms with van der Waals surface area (Å²) < 4.78 is 0. The molecule has 0 fully saturated rings. The van der Waals surface area contributed by atoms with E-state index in [0.29, 0.717) is 6.04 Å². The summed E-state index contributed by atoms with van der Waals surface area (Å²) in [7, 11) is 0. The fourth-order valence-electron chi connectivity index (χ4n) is 1.60. The van der Waals surface area contributed by atoms with Crippen molar-refractivity contribution < 1.29 is 0 Å². The topological polar surface area (TPSA) is 15.3 Å². The van der Waals surface area contributed by atoms with Gasteiger partial charge in [-0.2, -0.15) is 0 Å². The van der Waals surface area contributed by atoms with Gasteiger partial charge in [0.25, 0.3) is 0 Å². The fraction of sp³-hybridized carbons (Fsp3) is 0.857. The summed E-state index contributed by atoms with van der Waals surface area (Å²) in [4.78, 5) is 2.48. The van der Waals surface area contributed by atoms with Gasteiger partial charge in [-0.15, -0.1) is 0 Å². The van der Waals surface area contributed by atoms with Crippen LogP contribution in [0.1, 0.15) is 41.0 Å². The second-order valence-electron chi connectivity index (χ2n) is 5.13. The van der Waals surface area contributed by atoms with Gasteiger partial charge < -0.3 is 5.32 Å². The van der Waals surface area contributed by atoms with Gasteiger partial charge in [-0.05, 0) is 18.0 Å². The summed E-state index contributed by atoms with van der Waals surface area (Å²) in [5.74, 6) is 0.783. The Morgan fingerprint density at radius 1 is 1.25 bits per heavy atom. The molecule has 96 valence electrons. The molecule has 0 aromatic rings. The van der Waals surface area contributed by atoms with Gasteiger partial charge in [0, 0.05) is 25.7 Å². The van der Waals surface area contributed by atoms with E-state index in [1.165, 1.54) is 18.5 Å². The lowest BCUT2D eigenvalue weighted by atomic mass is 10.1. The summed E-state index contributed by atoms with van der Waals surface area (Å²) in [6.45, 7) is 19.6. The Labute approximate surface area is 102 Å². The lowest BCUT2D eigenvalue weighted by Crippen LogP contribution is -2.33. The molecule has 0 aliphatic carbocycles. The van der Waals surface area contributed by atoms with Gasteiger partial charge in [-0.1, -0.05) is 47.6 Å². The van der Waals surface area contributed by atoms with Crippen molar-refractivity contribution >= 4 is 0 Å². The van der Waals surface area contributed by atoms with Gasteiger partial charge in [-0.3, -0.25) is 4.90 Å². The molecular weight excluding hydrogens is 196 g/mol. The van der Waals surface area contributed by atoms with Crippen molar-refractivity contribution in [3.8, 4) is 0 Å². The zero-order chi connectivity index (χ0) is 12.6. The third-order valence-electron chi connectivity index (χ3n) is 2.92. The van der Waals surface area contributed by atoms with Crippen LogP contribution in [-0.2, 0) is 0 Å². The molecule has 0 aliphatic rings. The second-order valence-corrected chi connectivity index (χ2v) is 5.13. The van der Waals surface area contributed by atoms with E-state index in [9.17, 15) is 0 Å². The summed E-state index contributed by atoms with van der Waals surface area (Å²) in [6.07, 6.45) is 1.26. The average molecular weight is 226 g/mol. The molecule has 1 unspecified atom stereocenters. The van der Waals surface area contributed by atoms with Gasteiger partial charge in [0.1, 0.15) is 0 Å². The van der Waals surface area contributed by atoms with Crippen LogP contribution in [0.15, 0.2) is 12.2 Å². The van der Waals surface area contributed by atoms with Gasteiger partial charge in [-0.25, -0.2) is 0 Å². The number of hydrogen-bond donors (Lipinski definition) is 1. The quantitative estimate of drug-likeness (QED) is 0.608. The van der Waals surface area contributed by atoms with Crippen LogP contribution in [0.5, 0.6) is 0 Å². The molecule has 0 radical (unpaired) electrons. The van der Waals surface area contributed by atoms with E-state index in [0.717, 1.165) is 25.6 Å². The largest absolute Gasteiger partial charge is 0.311 e. The van der Waals surface area contributed by atoms with Crippen molar-refractivity contribution in [2.45, 2.75) is 47.1 Å². The molecule has 0 spiro atoms. The summed E-state index contributed by atoms with van der Waals surface area (Å²) in [6, 6.07) is 0.543. The van der Waals surface area contributed by atoms with E-state index in [-0.39, 0.29) is 0 Å². The molecule has 2 heteroatoms. The molecule has 0 rings (SSSR count). The van der Waals surface area contributed by atoms with Crippen LogP contribution in [0.2, 0.25) is 0 Å². The lowest BCUT2D eigenvalue weighted by molar-refractivity contribution is 0.262. The molecule has 1 atom stereocenters. The lowest BCUT2D eigenvalue weighted by Gasteiger charge is -2.25. The Hall–Kier alpha value is -0.340. The van der Waals surface area contributed by atoms with Crippen LogP contribution in [0.4, 0.5) is 0 Å². The number of nitrogens with one attached hydrogen (secondary N) is 1. The van der Waals surface area contributed by atoms with Crippen molar-refractivity contribution in [3.05, 3.63) is 12.2 Å². The van der Waals surface area contributed by atoms with Crippen molar-refractivity contribution in [2.75, 3.05) is 26.2 Å². The van der Waals surface area contributed by atoms with Gasteiger partial charge in [0.15, 0.2) is 0 Å². The molecule has 2 nitrogen and oxygen atoms in total. The highest BCUT2D eigenvalue weighted by Crippen LogP contribution is 2.05. The van der Waals surface area contributed by atoms with Gasteiger partial charge in [0.05, 0.1) is 0 Å². The minimum Gasteiger partial charge on any atom is -0.311 e. The minimum absolute atomic E-state index is 0.543. The molecular formula is C14H30N2. The number of likely N-dealkylation sites (N-methyl/N-ethyl adjacent to an activating group) is 1. The highest BCUT2D eigenvalue weighted by Gasteiger charge is 2.08. The smallest absolute Gasteiger partial charge is 0.0202 e. The van der Waals surface area contributed by atoms with E-state index in [4.69, 9.17) is 0 Å². The number of rotatable bonds is 9. The van der Waals surface area contributed by atoms with E-state index in [1.807, 2.05) is 0 Å². The third-order valence-corrected chi connectivity index (χ3v) is 2.92.